The lowest BCUT2D eigenvalue weighted by molar-refractivity contribution is -0.128. The number of oxime groups is 1. The van der Waals surface area contributed by atoms with E-state index in [1.807, 2.05) is 24.7 Å². The molecule has 0 aromatic carbocycles. The summed E-state index contributed by atoms with van der Waals surface area (Å²) < 4.78 is 25.8. The predicted molar refractivity (Wildman–Crippen MR) is 134 cm³/mol. The van der Waals surface area contributed by atoms with Gasteiger partial charge in [0.25, 0.3) is 0 Å². The second kappa shape index (κ2) is 9.07. The number of rotatable bonds is 5. The third kappa shape index (κ3) is 4.50. The molecule has 3 aliphatic rings. The summed E-state index contributed by atoms with van der Waals surface area (Å²) in [5.74, 6) is 0.513. The first kappa shape index (κ1) is 24.0. The lowest BCUT2D eigenvalue weighted by atomic mass is 9.75. The van der Waals surface area contributed by atoms with E-state index in [1.165, 1.54) is 0 Å². The van der Waals surface area contributed by atoms with Crippen molar-refractivity contribution in [3.8, 4) is 0 Å². The largest absolute Gasteiger partial charge is 0.389 e. The Morgan fingerprint density at radius 2 is 1.94 bits per heavy atom. The van der Waals surface area contributed by atoms with Crippen LogP contribution in [0.25, 0.3) is 11.0 Å². The van der Waals surface area contributed by atoms with E-state index >= 15 is 0 Å². The van der Waals surface area contributed by atoms with Crippen molar-refractivity contribution < 1.29 is 18.0 Å². The maximum absolute atomic E-state index is 12.1. The third-order valence-corrected chi connectivity index (χ3v) is 9.52. The summed E-state index contributed by atoms with van der Waals surface area (Å²) in [5.41, 5.74) is 3.94. The number of sulfone groups is 1. The van der Waals surface area contributed by atoms with Gasteiger partial charge in [0.05, 0.1) is 34.0 Å². The van der Waals surface area contributed by atoms with Gasteiger partial charge in [-0.25, -0.2) is 18.1 Å². The van der Waals surface area contributed by atoms with Gasteiger partial charge in [0.2, 0.25) is 5.91 Å². The molecule has 1 saturated carbocycles. The summed E-state index contributed by atoms with van der Waals surface area (Å²) in [6, 6.07) is 0.0483. The molecule has 11 heteroatoms. The number of nitrogens with zero attached hydrogens (tertiary/aromatic N) is 4. The van der Waals surface area contributed by atoms with Crippen LogP contribution in [0.2, 0.25) is 0 Å². The van der Waals surface area contributed by atoms with Crippen molar-refractivity contribution in [2.45, 2.75) is 77.0 Å². The normalized spacial score (nSPS) is 22.2. The minimum Gasteiger partial charge on any atom is -0.389 e. The lowest BCUT2D eigenvalue weighted by Gasteiger charge is -2.34. The molecule has 1 saturated heterocycles. The molecule has 35 heavy (non-hydrogen) atoms. The lowest BCUT2D eigenvalue weighted by Crippen LogP contribution is -2.39. The summed E-state index contributed by atoms with van der Waals surface area (Å²) in [5, 5.41) is 16.6. The molecule has 0 atom stereocenters. The van der Waals surface area contributed by atoms with Crippen LogP contribution < -0.4 is 10.6 Å². The Kier molecular flexibility index (Phi) is 6.23. The highest BCUT2D eigenvalue weighted by Crippen LogP contribution is 2.43. The second-order valence-corrected chi connectivity index (χ2v) is 12.4. The molecule has 0 bridgehead atoms. The summed E-state index contributed by atoms with van der Waals surface area (Å²) in [6.07, 6.45) is 6.77. The highest BCUT2D eigenvalue weighted by molar-refractivity contribution is 7.91. The van der Waals surface area contributed by atoms with Crippen molar-refractivity contribution >= 4 is 38.2 Å². The maximum Gasteiger partial charge on any atom is 0.222 e. The van der Waals surface area contributed by atoms with E-state index in [0.717, 1.165) is 59.4 Å². The fourth-order valence-corrected chi connectivity index (χ4v) is 7.18. The predicted octanol–water partition coefficient (Wildman–Crippen LogP) is 2.55. The Hall–Kier alpha value is -2.69. The van der Waals surface area contributed by atoms with Crippen LogP contribution in [0.5, 0.6) is 0 Å². The first-order valence-electron chi connectivity index (χ1n) is 12.5. The number of aryl methyl sites for hydroxylation is 2. The van der Waals surface area contributed by atoms with Gasteiger partial charge in [0.1, 0.15) is 15.4 Å². The zero-order chi connectivity index (χ0) is 24.8. The monoisotopic (exact) mass is 502 g/mol. The van der Waals surface area contributed by atoms with E-state index in [4.69, 9.17) is 9.82 Å². The Bertz CT molecular complexity index is 1260. The van der Waals surface area contributed by atoms with Crippen LogP contribution >= 0.6 is 0 Å². The van der Waals surface area contributed by atoms with E-state index in [0.29, 0.717) is 25.8 Å². The summed E-state index contributed by atoms with van der Waals surface area (Å²) in [6.45, 7) is 4.72. The molecule has 2 N–H and O–H groups in total. The van der Waals surface area contributed by atoms with Gasteiger partial charge in [-0.3, -0.25) is 4.79 Å². The number of pyridine rings is 1. The van der Waals surface area contributed by atoms with Gasteiger partial charge in [-0.15, -0.1) is 0 Å². The average Bonchev–Trinajstić information content (AvgIpc) is 3.41. The van der Waals surface area contributed by atoms with Crippen LogP contribution in [-0.2, 0) is 26.0 Å². The molecule has 1 spiro atoms. The average molecular weight is 503 g/mol. The molecule has 2 fully saturated rings. The Morgan fingerprint density at radius 3 is 2.60 bits per heavy atom. The number of fused-ring (bicyclic) bond motifs is 1. The highest BCUT2D eigenvalue weighted by Gasteiger charge is 2.44. The van der Waals surface area contributed by atoms with Crippen molar-refractivity contribution in [1.82, 2.24) is 20.1 Å². The first-order valence-corrected chi connectivity index (χ1v) is 14.4. The number of amides is 1. The highest BCUT2D eigenvalue weighted by atomic mass is 32.2. The van der Waals surface area contributed by atoms with Crippen LogP contribution in [0, 0.1) is 12.8 Å². The minimum absolute atomic E-state index is 0.0265. The van der Waals surface area contributed by atoms with Crippen molar-refractivity contribution in [3.63, 3.8) is 0 Å². The van der Waals surface area contributed by atoms with Crippen molar-refractivity contribution in [2.75, 3.05) is 23.9 Å². The quantitative estimate of drug-likeness (QED) is 0.643. The molecule has 5 rings (SSSR count). The zero-order valence-corrected chi connectivity index (χ0v) is 21.4. The Morgan fingerprint density at radius 1 is 1.23 bits per heavy atom. The summed E-state index contributed by atoms with van der Waals surface area (Å²) in [7, 11) is -1.27. The van der Waals surface area contributed by atoms with Gasteiger partial charge in [0.15, 0.2) is 5.65 Å². The topological polar surface area (TPSA) is 128 Å². The molecule has 10 nitrogen and oxygen atoms in total. The van der Waals surface area contributed by atoms with Gasteiger partial charge >= 0.3 is 0 Å². The van der Waals surface area contributed by atoms with Gasteiger partial charge in [-0.05, 0) is 52.4 Å². The third-order valence-electron chi connectivity index (χ3n) is 7.80. The number of hydrogen-bond acceptors (Lipinski definition) is 8. The molecule has 4 heterocycles. The fourth-order valence-electron chi connectivity index (χ4n) is 5.69. The van der Waals surface area contributed by atoms with Gasteiger partial charge in [0, 0.05) is 43.7 Å². The summed E-state index contributed by atoms with van der Waals surface area (Å²) in [4.78, 5) is 22.9. The smallest absolute Gasteiger partial charge is 0.222 e. The maximum atomic E-state index is 12.1. The van der Waals surface area contributed by atoms with E-state index in [9.17, 15) is 13.2 Å². The first-order chi connectivity index (χ1) is 16.7. The summed E-state index contributed by atoms with van der Waals surface area (Å²) >= 11 is 0. The van der Waals surface area contributed by atoms with E-state index in [2.05, 4.69) is 20.9 Å². The van der Waals surface area contributed by atoms with Crippen molar-refractivity contribution in [2.24, 2.45) is 11.1 Å². The number of carbonyl (C=O) groups excluding carboxylic acids is 1. The Balaban J connectivity index is 1.45. The van der Waals surface area contributed by atoms with E-state index in [1.54, 1.807) is 7.05 Å². The van der Waals surface area contributed by atoms with Crippen LogP contribution in [0.4, 0.5) is 5.69 Å². The van der Waals surface area contributed by atoms with Crippen molar-refractivity contribution in [1.29, 1.82) is 0 Å². The number of nitrogens with one attached hydrogen (secondary N) is 2. The number of aromatic nitrogens is 3. The van der Waals surface area contributed by atoms with Crippen LogP contribution in [0.3, 0.4) is 0 Å². The second-order valence-electron chi connectivity index (χ2n) is 10.1. The van der Waals surface area contributed by atoms with E-state index < -0.39 is 9.84 Å². The SMILES string of the molecule is CCn1nc(C)c2c(NC3CCS(=O)(=O)CC3)c(C3=NOC4(CCC(C(=O)NC)CC4)C3)cnc21. The van der Waals surface area contributed by atoms with Crippen LogP contribution in [0.15, 0.2) is 11.4 Å². The van der Waals surface area contributed by atoms with Crippen molar-refractivity contribution in [3.05, 3.63) is 17.5 Å². The molecular weight excluding hydrogens is 468 g/mol. The molecule has 2 aromatic heterocycles. The van der Waals surface area contributed by atoms with Gasteiger partial charge in [-0.1, -0.05) is 5.16 Å². The molecule has 0 radical (unpaired) electrons. The van der Waals surface area contributed by atoms with Gasteiger partial charge in [-0.2, -0.15) is 5.10 Å². The number of carbonyl (C=O) groups is 1. The zero-order valence-electron chi connectivity index (χ0n) is 20.6. The molecule has 1 aliphatic carbocycles. The standard InChI is InChI=1S/C24H34N6O4S/c1-4-30-22-20(15(2)28-30)21(27-17-7-11-35(32,33)12-8-17)18(14-26-22)19-13-24(34-29-19)9-5-16(6-10-24)23(31)25-3/h14,16-17H,4-13H2,1-3H3,(H,25,31)(H,26,27). The van der Waals surface area contributed by atoms with E-state index in [-0.39, 0.29) is 35.0 Å². The molecule has 2 aromatic rings. The molecule has 2 aliphatic heterocycles. The molecular formula is C24H34N6O4S. The minimum atomic E-state index is -2.96. The van der Waals surface area contributed by atoms with Crippen LogP contribution in [-0.4, -0.2) is 65.0 Å². The molecule has 1 amide bonds. The van der Waals surface area contributed by atoms with Gasteiger partial charge < -0.3 is 15.5 Å². The number of hydrogen-bond donors (Lipinski definition) is 2. The fraction of sp³-hybridized carbons (Fsp3) is 0.667. The molecule has 0 unspecified atom stereocenters. The number of anilines is 1. The van der Waals surface area contributed by atoms with Crippen LogP contribution in [0.1, 0.15) is 63.1 Å². The molecule has 190 valence electrons. The Labute approximate surface area is 205 Å².